The van der Waals surface area contributed by atoms with Gasteiger partial charge in [-0.1, -0.05) is 18.2 Å². The fourth-order valence-corrected chi connectivity index (χ4v) is 5.43. The van der Waals surface area contributed by atoms with Crippen LogP contribution in [0.5, 0.6) is 0 Å². The number of pyridine rings is 2. The molecule has 0 radical (unpaired) electrons. The van der Waals surface area contributed by atoms with Gasteiger partial charge in [0.25, 0.3) is 0 Å². The first kappa shape index (κ1) is 27.6. The van der Waals surface area contributed by atoms with Gasteiger partial charge in [0.1, 0.15) is 10.3 Å². The van der Waals surface area contributed by atoms with Gasteiger partial charge in [-0.25, -0.2) is 13.8 Å². The Bertz CT molecular complexity index is 1200. The molecule has 0 amide bonds. The van der Waals surface area contributed by atoms with Crippen LogP contribution >= 0.6 is 0 Å². The van der Waals surface area contributed by atoms with Crippen LogP contribution in [-0.2, 0) is 23.4 Å². The lowest BCUT2D eigenvalue weighted by Crippen LogP contribution is -2.51. The van der Waals surface area contributed by atoms with Crippen molar-refractivity contribution in [2.45, 2.75) is 63.3 Å². The molecule has 4 rings (SSSR count). The summed E-state index contributed by atoms with van der Waals surface area (Å²) < 4.78 is 56.5. The fourth-order valence-electron chi connectivity index (χ4n) is 4.53. The lowest BCUT2D eigenvalue weighted by Gasteiger charge is -2.35. The average Bonchev–Trinajstić information content (AvgIpc) is 2.86. The summed E-state index contributed by atoms with van der Waals surface area (Å²) >= 11 is -1.49. The first-order chi connectivity index (χ1) is 17.5. The monoisotopic (exact) mass is 530 g/mol. The lowest BCUT2D eigenvalue weighted by atomic mass is 9.88. The van der Waals surface area contributed by atoms with E-state index in [-0.39, 0.29) is 0 Å². The molecule has 0 saturated carbocycles. The Kier molecular flexibility index (Phi) is 8.28. The minimum Gasteiger partial charge on any atom is -0.598 e. The van der Waals surface area contributed by atoms with Crippen molar-refractivity contribution in [1.29, 1.82) is 0 Å². The Labute approximate surface area is 219 Å². The topological polar surface area (TPSA) is 64.1 Å². The minimum absolute atomic E-state index is 0.372. The van der Waals surface area contributed by atoms with E-state index in [0.29, 0.717) is 17.2 Å². The van der Waals surface area contributed by atoms with Gasteiger partial charge in [0.05, 0.1) is 5.69 Å². The Morgan fingerprint density at radius 1 is 0.946 bits per heavy atom. The predicted octanol–water partition coefficient (Wildman–Crippen LogP) is 5.59. The smallest absolute Gasteiger partial charge is 0.212 e. The molecule has 0 aliphatic carbocycles. The molecule has 2 atom stereocenters. The molecule has 1 aliphatic heterocycles. The van der Waals surface area contributed by atoms with E-state index in [0.717, 1.165) is 55.7 Å². The zero-order valence-corrected chi connectivity index (χ0v) is 22.4. The van der Waals surface area contributed by atoms with Crippen LogP contribution in [0.1, 0.15) is 68.8 Å². The molecule has 1 fully saturated rings. The number of rotatable bonds is 7. The summed E-state index contributed by atoms with van der Waals surface area (Å²) in [5, 5.41) is 0. The molecular weight excluding hydrogens is 497 g/mol. The maximum atomic E-state index is 14.2. The first-order valence-corrected chi connectivity index (χ1v) is 13.5. The summed E-state index contributed by atoms with van der Waals surface area (Å²) in [6.45, 7) is 9.84. The van der Waals surface area contributed by atoms with Crippen molar-refractivity contribution in [1.82, 2.24) is 19.6 Å². The van der Waals surface area contributed by atoms with Crippen LogP contribution < -0.4 is 4.72 Å². The SMILES string of the molecule is CC(C)(C)[S+]([O-])N[C@@](C)(c1ccc(F)c(F)c1)c1ccc(CN2CCC(c3ccc(F)nc3)CC2)cn1. The lowest BCUT2D eigenvalue weighted by molar-refractivity contribution is 0.204. The number of aromatic nitrogens is 2. The molecule has 1 N–H and O–H groups in total. The molecular formula is C28H33F3N4OS. The molecule has 1 aliphatic rings. The summed E-state index contributed by atoms with van der Waals surface area (Å²) in [5.41, 5.74) is 1.98. The van der Waals surface area contributed by atoms with Crippen LogP contribution in [0.3, 0.4) is 0 Å². The third-order valence-electron chi connectivity index (χ3n) is 6.90. The van der Waals surface area contributed by atoms with E-state index < -0.39 is 39.2 Å². The third-order valence-corrected chi connectivity index (χ3v) is 8.61. The molecule has 0 spiro atoms. The van der Waals surface area contributed by atoms with Gasteiger partial charge >= 0.3 is 0 Å². The second-order valence-corrected chi connectivity index (χ2v) is 12.7. The van der Waals surface area contributed by atoms with Crippen molar-refractivity contribution in [3.05, 3.63) is 94.8 Å². The number of hydrogen-bond donors (Lipinski definition) is 1. The van der Waals surface area contributed by atoms with E-state index >= 15 is 0 Å². The van der Waals surface area contributed by atoms with Gasteiger partial charge in [0.15, 0.2) is 11.6 Å². The molecule has 0 bridgehead atoms. The van der Waals surface area contributed by atoms with Crippen molar-refractivity contribution in [2.75, 3.05) is 13.1 Å². The van der Waals surface area contributed by atoms with Gasteiger partial charge in [0.2, 0.25) is 5.95 Å². The zero-order valence-electron chi connectivity index (χ0n) is 21.6. The first-order valence-electron chi connectivity index (χ1n) is 12.4. The highest BCUT2D eigenvalue weighted by atomic mass is 32.2. The number of halogens is 3. The number of piperidine rings is 1. The van der Waals surface area contributed by atoms with E-state index in [2.05, 4.69) is 19.6 Å². The molecule has 5 nitrogen and oxygen atoms in total. The maximum absolute atomic E-state index is 14.2. The van der Waals surface area contributed by atoms with Gasteiger partial charge in [-0.05, 0) is 100 Å². The molecule has 3 aromatic rings. The summed E-state index contributed by atoms with van der Waals surface area (Å²) in [4.78, 5) is 10.8. The second-order valence-electron chi connectivity index (χ2n) is 10.8. The standard InChI is InChI=1S/C28H33F3N4OS/c1-27(2,3)37(36)34-28(4,22-7-8-23(29)24(30)15-22)25-9-5-19(16-32-25)18-35-13-11-20(12-14-35)21-6-10-26(31)33-17-21/h5-10,15-17,20,34H,11-14,18H2,1-4H3/t28-,37?/m0/s1. The van der Waals surface area contributed by atoms with Gasteiger partial charge in [0, 0.05) is 30.3 Å². The number of benzene rings is 1. The summed E-state index contributed by atoms with van der Waals surface area (Å²) in [6, 6.07) is 10.7. The summed E-state index contributed by atoms with van der Waals surface area (Å²) in [7, 11) is 0. The van der Waals surface area contributed by atoms with Crippen LogP contribution in [0.2, 0.25) is 0 Å². The van der Waals surface area contributed by atoms with Gasteiger partial charge < -0.3 is 4.55 Å². The fraction of sp³-hybridized carbons (Fsp3) is 0.429. The normalized spacial score (nSPS) is 17.9. The van der Waals surface area contributed by atoms with Crippen molar-refractivity contribution in [3.8, 4) is 0 Å². The van der Waals surface area contributed by atoms with Gasteiger partial charge in [-0.3, -0.25) is 9.88 Å². The van der Waals surface area contributed by atoms with E-state index in [1.54, 1.807) is 19.3 Å². The number of hydrogen-bond acceptors (Lipinski definition) is 5. The Morgan fingerprint density at radius 2 is 1.68 bits per heavy atom. The van der Waals surface area contributed by atoms with Crippen molar-refractivity contribution >= 4 is 11.4 Å². The number of nitrogens with zero attached hydrogens (tertiary/aromatic N) is 3. The minimum atomic E-state index is -1.49. The molecule has 3 heterocycles. The highest BCUT2D eigenvalue weighted by Gasteiger charge is 2.40. The Hall–Kier alpha value is -2.46. The highest BCUT2D eigenvalue weighted by Crippen LogP contribution is 2.33. The van der Waals surface area contributed by atoms with Crippen LogP contribution in [-0.4, -0.2) is 37.3 Å². The number of nitrogens with one attached hydrogen (secondary N) is 1. The second kappa shape index (κ2) is 11.1. The molecule has 198 valence electrons. The molecule has 37 heavy (non-hydrogen) atoms. The third kappa shape index (κ3) is 6.52. The number of likely N-dealkylation sites (tertiary alicyclic amines) is 1. The van der Waals surface area contributed by atoms with Crippen molar-refractivity contribution in [3.63, 3.8) is 0 Å². The van der Waals surface area contributed by atoms with Crippen LogP contribution in [0.4, 0.5) is 13.2 Å². The summed E-state index contributed by atoms with van der Waals surface area (Å²) in [6.07, 6.45) is 5.35. The van der Waals surface area contributed by atoms with Crippen LogP contribution in [0, 0.1) is 17.6 Å². The van der Waals surface area contributed by atoms with E-state index in [1.165, 1.54) is 12.1 Å². The zero-order chi connectivity index (χ0) is 26.8. The van der Waals surface area contributed by atoms with Gasteiger partial charge in [-0.2, -0.15) is 4.39 Å². The predicted molar refractivity (Wildman–Crippen MR) is 140 cm³/mol. The quantitative estimate of drug-likeness (QED) is 0.319. The summed E-state index contributed by atoms with van der Waals surface area (Å²) in [5.74, 6) is -2.00. The molecule has 1 unspecified atom stereocenters. The van der Waals surface area contributed by atoms with E-state index in [9.17, 15) is 17.7 Å². The van der Waals surface area contributed by atoms with Crippen molar-refractivity contribution < 1.29 is 17.7 Å². The van der Waals surface area contributed by atoms with Crippen molar-refractivity contribution in [2.24, 2.45) is 0 Å². The van der Waals surface area contributed by atoms with E-state index in [4.69, 9.17) is 0 Å². The highest BCUT2D eigenvalue weighted by molar-refractivity contribution is 7.90. The van der Waals surface area contributed by atoms with E-state index in [1.807, 2.05) is 39.0 Å². The van der Waals surface area contributed by atoms with Crippen LogP contribution in [0.25, 0.3) is 0 Å². The van der Waals surface area contributed by atoms with Crippen LogP contribution in [0.15, 0.2) is 54.9 Å². The molecule has 9 heteroatoms. The van der Waals surface area contributed by atoms with Gasteiger partial charge in [-0.15, -0.1) is 4.72 Å². The molecule has 1 aromatic carbocycles. The Morgan fingerprint density at radius 3 is 2.24 bits per heavy atom. The average molecular weight is 531 g/mol. The maximum Gasteiger partial charge on any atom is 0.212 e. The molecule has 2 aromatic heterocycles. The Balaban J connectivity index is 1.48. The largest absolute Gasteiger partial charge is 0.598 e. The molecule has 1 saturated heterocycles.